The summed E-state index contributed by atoms with van der Waals surface area (Å²) in [6.07, 6.45) is 1.20. The van der Waals surface area contributed by atoms with Crippen LogP contribution in [0, 0.1) is 10.8 Å². The fraction of sp³-hybridized carbons (Fsp3) is 0.652. The third-order valence-corrected chi connectivity index (χ3v) is 10.3. The Balaban J connectivity index is 0.890. The Labute approximate surface area is 211 Å². The second-order valence-electron chi connectivity index (χ2n) is 11.6. The van der Waals surface area contributed by atoms with Crippen LogP contribution in [-0.4, -0.2) is 88.0 Å². The lowest BCUT2D eigenvalue weighted by molar-refractivity contribution is -0.138. The third-order valence-electron chi connectivity index (χ3n) is 8.56. The number of carbonyl (C=O) groups excluding carboxylic acids is 1. The van der Waals surface area contributed by atoms with Gasteiger partial charge in [0, 0.05) is 74.3 Å². The summed E-state index contributed by atoms with van der Waals surface area (Å²) >= 11 is 0. The van der Waals surface area contributed by atoms with E-state index in [1.807, 2.05) is 4.90 Å². The minimum atomic E-state index is -4.67. The zero-order valence-corrected chi connectivity index (χ0v) is 20.7. The fourth-order valence-electron chi connectivity index (χ4n) is 6.37. The van der Waals surface area contributed by atoms with E-state index in [1.54, 1.807) is 4.90 Å². The van der Waals surface area contributed by atoms with Gasteiger partial charge in [0.05, 0.1) is 5.56 Å². The van der Waals surface area contributed by atoms with E-state index >= 15 is 0 Å². The molecule has 2 spiro atoms. The van der Waals surface area contributed by atoms with Gasteiger partial charge in [0.15, 0.2) is 5.82 Å². The Morgan fingerprint density at radius 1 is 0.973 bits per heavy atom. The van der Waals surface area contributed by atoms with Gasteiger partial charge in [-0.15, -0.1) is 0 Å². The number of halogens is 3. The van der Waals surface area contributed by atoms with E-state index < -0.39 is 26.7 Å². The molecule has 198 valence electrons. The molecule has 0 unspecified atom stereocenters. The second kappa shape index (κ2) is 7.43. The van der Waals surface area contributed by atoms with Crippen LogP contribution in [0.2, 0.25) is 0 Å². The van der Waals surface area contributed by atoms with E-state index in [2.05, 4.69) is 20.2 Å². The summed E-state index contributed by atoms with van der Waals surface area (Å²) < 4.78 is 65.6. The number of rotatable bonds is 4. The smallest absolute Gasteiger partial charge is 0.323 e. The fourth-order valence-corrected chi connectivity index (χ4v) is 8.03. The molecule has 2 saturated carbocycles. The van der Waals surface area contributed by atoms with Crippen LogP contribution >= 0.6 is 0 Å². The van der Waals surface area contributed by atoms with Gasteiger partial charge in [-0.1, -0.05) is 0 Å². The number of pyridine rings is 1. The van der Waals surface area contributed by atoms with Crippen molar-refractivity contribution in [2.75, 3.05) is 39.3 Å². The van der Waals surface area contributed by atoms with Crippen LogP contribution in [0.15, 0.2) is 23.4 Å². The summed E-state index contributed by atoms with van der Waals surface area (Å²) in [5.74, 6) is 2.80. The molecule has 37 heavy (non-hydrogen) atoms. The van der Waals surface area contributed by atoms with E-state index in [4.69, 9.17) is 0 Å². The molecule has 2 aromatic heterocycles. The van der Waals surface area contributed by atoms with E-state index in [-0.39, 0.29) is 30.0 Å². The van der Waals surface area contributed by atoms with Crippen molar-refractivity contribution in [2.45, 2.75) is 48.6 Å². The number of carbonyl (C=O) groups is 1. The van der Waals surface area contributed by atoms with Gasteiger partial charge < -0.3 is 9.80 Å². The minimum absolute atomic E-state index is 0.0306. The zero-order chi connectivity index (χ0) is 25.8. The predicted octanol–water partition coefficient (Wildman–Crippen LogP) is 2.40. The highest BCUT2D eigenvalue weighted by molar-refractivity contribution is 7.89. The quantitative estimate of drug-likeness (QED) is 0.641. The van der Waals surface area contributed by atoms with Crippen molar-refractivity contribution in [1.29, 1.82) is 0 Å². The van der Waals surface area contributed by atoms with Crippen molar-refractivity contribution < 1.29 is 26.4 Å². The van der Waals surface area contributed by atoms with Crippen LogP contribution in [0.4, 0.5) is 18.0 Å². The molecular weight excluding hydrogens is 511 g/mol. The van der Waals surface area contributed by atoms with E-state index in [0.717, 1.165) is 48.1 Å². The molecule has 0 atom stereocenters. The van der Waals surface area contributed by atoms with Gasteiger partial charge in [-0.05, 0) is 31.7 Å². The first-order chi connectivity index (χ1) is 17.5. The van der Waals surface area contributed by atoms with Gasteiger partial charge in [-0.2, -0.15) is 22.6 Å². The molecule has 0 aromatic carbocycles. The van der Waals surface area contributed by atoms with Crippen LogP contribution in [0.25, 0.3) is 0 Å². The molecule has 0 radical (unpaired) electrons. The first-order valence-corrected chi connectivity index (χ1v) is 13.9. The summed E-state index contributed by atoms with van der Waals surface area (Å²) in [6.45, 7) is 2.70. The Morgan fingerprint density at radius 3 is 2.24 bits per heavy atom. The molecule has 10 nitrogen and oxygen atoms in total. The molecule has 5 fully saturated rings. The molecule has 3 aliphatic heterocycles. The lowest BCUT2D eigenvalue weighted by atomic mass is 9.57. The highest BCUT2D eigenvalue weighted by Gasteiger charge is 2.60. The van der Waals surface area contributed by atoms with Gasteiger partial charge in [-0.3, -0.25) is 10.1 Å². The van der Waals surface area contributed by atoms with E-state index in [0.29, 0.717) is 37.2 Å². The summed E-state index contributed by atoms with van der Waals surface area (Å²) in [7, 11) is -4.07. The summed E-state index contributed by atoms with van der Waals surface area (Å²) in [6, 6.07) is 0.583. The van der Waals surface area contributed by atoms with Crippen LogP contribution in [0.5, 0.6) is 0 Å². The maximum Gasteiger partial charge on any atom is 0.417 e. The van der Waals surface area contributed by atoms with E-state index in [1.165, 1.54) is 12.8 Å². The molecule has 2 aliphatic carbocycles. The standard InChI is InChI=1S/C23H26F3N7O3S/c24-23(25,26)16-3-17(7-27-6-16)37(35,36)33-12-22(13-33)10-32(11-22)20(34)31-8-21(9-31)4-15(5-21)19-28-18(29-30-19)14-1-2-14/h3,6-7,14-15H,1-2,4-5,8-13H2,(H,28,29,30). The monoisotopic (exact) mass is 537 g/mol. The number of sulfonamides is 1. The van der Waals surface area contributed by atoms with Gasteiger partial charge in [0.1, 0.15) is 10.7 Å². The minimum Gasteiger partial charge on any atom is -0.323 e. The molecule has 2 aromatic rings. The number of amides is 2. The number of likely N-dealkylation sites (tertiary alicyclic amines) is 2. The number of nitrogens with zero attached hydrogens (tertiary/aromatic N) is 6. The second-order valence-corrected chi connectivity index (χ2v) is 13.6. The Kier molecular flexibility index (Phi) is 4.69. The molecule has 3 saturated heterocycles. The summed E-state index contributed by atoms with van der Waals surface area (Å²) in [5, 5.41) is 7.46. The number of aromatic nitrogens is 4. The lowest BCUT2D eigenvalue weighted by Crippen LogP contribution is -2.76. The zero-order valence-electron chi connectivity index (χ0n) is 19.9. The predicted molar refractivity (Wildman–Crippen MR) is 122 cm³/mol. The maximum atomic E-state index is 13.0. The van der Waals surface area contributed by atoms with Crippen LogP contribution in [0.1, 0.15) is 54.7 Å². The first-order valence-electron chi connectivity index (χ1n) is 12.4. The topological polar surface area (TPSA) is 115 Å². The molecule has 2 amide bonds. The Bertz CT molecular complexity index is 1360. The third kappa shape index (κ3) is 3.74. The van der Waals surface area contributed by atoms with Crippen molar-refractivity contribution in [3.05, 3.63) is 35.7 Å². The summed E-state index contributed by atoms with van der Waals surface area (Å²) in [5.41, 5.74) is -1.27. The average Bonchev–Trinajstić information content (AvgIpc) is 3.47. The lowest BCUT2D eigenvalue weighted by Gasteiger charge is -2.63. The Hall–Kier alpha value is -2.74. The number of H-pyrrole nitrogens is 1. The van der Waals surface area contributed by atoms with Crippen molar-refractivity contribution in [3.8, 4) is 0 Å². The first kappa shape index (κ1) is 23.4. The average molecular weight is 538 g/mol. The normalized spacial score (nSPS) is 24.9. The molecule has 0 bridgehead atoms. The summed E-state index contributed by atoms with van der Waals surface area (Å²) in [4.78, 5) is 24.1. The van der Waals surface area contributed by atoms with Gasteiger partial charge >= 0.3 is 12.2 Å². The van der Waals surface area contributed by atoms with Crippen molar-refractivity contribution in [3.63, 3.8) is 0 Å². The maximum absolute atomic E-state index is 13.0. The molecular formula is C23H26F3N7O3S. The molecule has 1 N–H and O–H groups in total. The van der Waals surface area contributed by atoms with Crippen LogP contribution in [0.3, 0.4) is 0 Å². The number of hydrogen-bond donors (Lipinski definition) is 1. The van der Waals surface area contributed by atoms with Gasteiger partial charge in [-0.25, -0.2) is 18.2 Å². The molecule has 14 heteroatoms. The SMILES string of the molecule is O=C(N1CC2(CC(c3n[nH]c(C4CC4)n3)C2)C1)N1CC2(C1)CN(S(=O)(=O)c1cncc(C(F)(F)F)c1)C2. The number of urea groups is 1. The van der Waals surface area contributed by atoms with Gasteiger partial charge in [0.25, 0.3) is 0 Å². The van der Waals surface area contributed by atoms with Crippen molar-refractivity contribution in [1.82, 2.24) is 34.3 Å². The van der Waals surface area contributed by atoms with Gasteiger partial charge in [0.2, 0.25) is 10.0 Å². The molecule has 5 heterocycles. The van der Waals surface area contributed by atoms with Crippen LogP contribution in [-0.2, 0) is 16.2 Å². The number of aromatic amines is 1. The molecule has 7 rings (SSSR count). The number of alkyl halides is 3. The number of nitrogens with one attached hydrogen (secondary N) is 1. The Morgan fingerprint density at radius 2 is 1.62 bits per heavy atom. The highest BCUT2D eigenvalue weighted by atomic mass is 32.2. The van der Waals surface area contributed by atoms with Crippen molar-refractivity contribution >= 4 is 16.1 Å². The largest absolute Gasteiger partial charge is 0.417 e. The van der Waals surface area contributed by atoms with Crippen molar-refractivity contribution in [2.24, 2.45) is 10.8 Å². The molecule has 5 aliphatic rings. The van der Waals surface area contributed by atoms with E-state index in [9.17, 15) is 26.4 Å². The number of hydrogen-bond acceptors (Lipinski definition) is 6. The van der Waals surface area contributed by atoms with Crippen LogP contribution < -0.4 is 0 Å². The highest BCUT2D eigenvalue weighted by Crippen LogP contribution is 2.56.